The standard InChI is InChI=1S/C13H15N5O3S2/c1-6-3-4-18-11(20)9(12(18)23-6)16-10(19)8(17-21-2)7-5-22-13(14)15-7/h3-6,9,12H,1-2H3,(H2,14,15)(H,16,19)/t6?,9?,12-/m1/s1. The molecule has 3 rings (SSSR count). The molecule has 2 aliphatic rings. The van der Waals surface area contributed by atoms with Gasteiger partial charge in [0, 0.05) is 16.8 Å². The highest BCUT2D eigenvalue weighted by molar-refractivity contribution is 8.00. The molecule has 122 valence electrons. The number of thioether (sulfide) groups is 1. The Morgan fingerprint density at radius 2 is 2.35 bits per heavy atom. The van der Waals surface area contributed by atoms with Crippen molar-refractivity contribution >= 4 is 45.8 Å². The summed E-state index contributed by atoms with van der Waals surface area (Å²) in [5.41, 5.74) is 5.90. The second-order valence-electron chi connectivity index (χ2n) is 4.96. The van der Waals surface area contributed by atoms with Gasteiger partial charge in [-0.25, -0.2) is 4.98 Å². The number of nitrogen functional groups attached to an aromatic ring is 1. The van der Waals surface area contributed by atoms with Crippen LogP contribution in [0.2, 0.25) is 0 Å². The number of hydrogen-bond donors (Lipinski definition) is 2. The molecule has 0 spiro atoms. The Balaban J connectivity index is 1.74. The van der Waals surface area contributed by atoms with Gasteiger partial charge in [-0.05, 0) is 6.92 Å². The Morgan fingerprint density at radius 1 is 1.57 bits per heavy atom. The minimum absolute atomic E-state index is 0.00361. The van der Waals surface area contributed by atoms with Gasteiger partial charge in [0.05, 0.1) is 0 Å². The van der Waals surface area contributed by atoms with Crippen molar-refractivity contribution in [1.29, 1.82) is 0 Å². The number of nitrogens with zero attached hydrogens (tertiary/aromatic N) is 3. The van der Waals surface area contributed by atoms with E-state index in [4.69, 9.17) is 10.6 Å². The summed E-state index contributed by atoms with van der Waals surface area (Å²) < 4.78 is 0. The summed E-state index contributed by atoms with van der Waals surface area (Å²) in [5.74, 6) is -0.661. The third kappa shape index (κ3) is 2.91. The maximum Gasteiger partial charge on any atom is 0.276 e. The summed E-state index contributed by atoms with van der Waals surface area (Å²) >= 11 is 2.81. The third-order valence-electron chi connectivity index (χ3n) is 3.40. The smallest absolute Gasteiger partial charge is 0.276 e. The van der Waals surface area contributed by atoms with Crippen molar-refractivity contribution in [2.24, 2.45) is 5.16 Å². The number of anilines is 1. The molecule has 1 saturated heterocycles. The molecule has 1 aromatic heterocycles. The predicted molar refractivity (Wildman–Crippen MR) is 88.8 cm³/mol. The summed E-state index contributed by atoms with van der Waals surface area (Å²) in [4.78, 5) is 34.9. The van der Waals surface area contributed by atoms with Gasteiger partial charge in [0.25, 0.3) is 11.8 Å². The van der Waals surface area contributed by atoms with Crippen LogP contribution in [0.5, 0.6) is 0 Å². The van der Waals surface area contributed by atoms with Gasteiger partial charge in [-0.3, -0.25) is 9.59 Å². The van der Waals surface area contributed by atoms with Crippen molar-refractivity contribution in [1.82, 2.24) is 15.2 Å². The minimum Gasteiger partial charge on any atom is -0.398 e. The number of amides is 2. The molecular formula is C13H15N5O3S2. The first-order valence-electron chi connectivity index (χ1n) is 6.80. The fraction of sp³-hybridized carbons (Fsp3) is 0.385. The van der Waals surface area contributed by atoms with Gasteiger partial charge in [0.2, 0.25) is 0 Å². The van der Waals surface area contributed by atoms with Gasteiger partial charge in [-0.2, -0.15) is 0 Å². The van der Waals surface area contributed by atoms with Crippen LogP contribution >= 0.6 is 23.1 Å². The molecule has 3 heterocycles. The Morgan fingerprint density at radius 3 is 3.00 bits per heavy atom. The number of thiazole rings is 1. The monoisotopic (exact) mass is 353 g/mol. The van der Waals surface area contributed by atoms with E-state index in [1.165, 1.54) is 18.4 Å². The predicted octanol–water partition coefficient (Wildman–Crippen LogP) is 0.378. The van der Waals surface area contributed by atoms with Crippen LogP contribution < -0.4 is 11.1 Å². The van der Waals surface area contributed by atoms with Crippen LogP contribution in [-0.4, -0.2) is 51.2 Å². The number of fused-ring (bicyclic) bond motifs is 1. The zero-order valence-corrected chi connectivity index (χ0v) is 14.1. The lowest BCUT2D eigenvalue weighted by Gasteiger charge is -2.47. The summed E-state index contributed by atoms with van der Waals surface area (Å²) in [6.07, 6.45) is 3.72. The van der Waals surface area contributed by atoms with Crippen LogP contribution in [0.1, 0.15) is 12.6 Å². The van der Waals surface area contributed by atoms with E-state index >= 15 is 0 Å². The topological polar surface area (TPSA) is 110 Å². The summed E-state index contributed by atoms with van der Waals surface area (Å²) in [6.45, 7) is 2.04. The number of carbonyl (C=O) groups is 2. The van der Waals surface area contributed by atoms with Gasteiger partial charge >= 0.3 is 0 Å². The van der Waals surface area contributed by atoms with Crippen molar-refractivity contribution in [3.05, 3.63) is 23.3 Å². The van der Waals surface area contributed by atoms with Crippen LogP contribution in [0.25, 0.3) is 0 Å². The van der Waals surface area contributed by atoms with E-state index in [1.807, 2.05) is 13.0 Å². The molecule has 10 heteroatoms. The molecule has 3 atom stereocenters. The van der Waals surface area contributed by atoms with Crippen LogP contribution in [0, 0.1) is 0 Å². The van der Waals surface area contributed by atoms with E-state index < -0.39 is 11.9 Å². The third-order valence-corrected chi connectivity index (χ3v) is 5.44. The number of hydrogen-bond acceptors (Lipinski definition) is 8. The zero-order chi connectivity index (χ0) is 16.6. The molecule has 3 N–H and O–H groups in total. The van der Waals surface area contributed by atoms with E-state index in [2.05, 4.69) is 15.5 Å². The van der Waals surface area contributed by atoms with Crippen molar-refractivity contribution in [2.45, 2.75) is 23.6 Å². The molecule has 1 aromatic rings. The highest BCUT2D eigenvalue weighted by Crippen LogP contribution is 2.37. The fourth-order valence-corrected chi connectivity index (χ4v) is 4.10. The van der Waals surface area contributed by atoms with Crippen molar-refractivity contribution in [3.8, 4) is 0 Å². The molecule has 0 radical (unpaired) electrons. The number of rotatable bonds is 4. The molecular weight excluding hydrogens is 338 g/mol. The minimum atomic E-state index is -0.585. The largest absolute Gasteiger partial charge is 0.398 e. The molecule has 2 aliphatic heterocycles. The van der Waals surface area contributed by atoms with Gasteiger partial charge in [0.1, 0.15) is 24.2 Å². The lowest BCUT2D eigenvalue weighted by Crippen LogP contribution is -2.69. The Hall–Kier alpha value is -2.07. The summed E-state index contributed by atoms with van der Waals surface area (Å²) in [6, 6.07) is -0.585. The van der Waals surface area contributed by atoms with E-state index in [-0.39, 0.29) is 22.2 Å². The summed E-state index contributed by atoms with van der Waals surface area (Å²) in [5, 5.41) is 8.54. The first-order chi connectivity index (χ1) is 11.0. The average Bonchev–Trinajstić information content (AvgIpc) is 2.95. The zero-order valence-electron chi connectivity index (χ0n) is 12.4. The number of β-lactam (4-membered cyclic amide) rings is 1. The van der Waals surface area contributed by atoms with Crippen LogP contribution in [0.4, 0.5) is 5.13 Å². The van der Waals surface area contributed by atoms with Gasteiger partial charge < -0.3 is 20.8 Å². The first-order valence-corrected chi connectivity index (χ1v) is 8.63. The average molecular weight is 353 g/mol. The molecule has 8 nitrogen and oxygen atoms in total. The van der Waals surface area contributed by atoms with Gasteiger partial charge in [-0.15, -0.1) is 23.1 Å². The SMILES string of the molecule is CON=C(C(=O)NC1C(=O)N2C=CC(C)S[C@H]12)c1csc(N)n1. The second-order valence-corrected chi connectivity index (χ2v) is 7.35. The molecule has 23 heavy (non-hydrogen) atoms. The molecule has 2 amide bonds. The normalized spacial score (nSPS) is 26.5. The highest BCUT2D eigenvalue weighted by Gasteiger charge is 2.49. The van der Waals surface area contributed by atoms with Crippen LogP contribution in [0.3, 0.4) is 0 Å². The van der Waals surface area contributed by atoms with Crippen LogP contribution in [0.15, 0.2) is 22.8 Å². The Kier molecular flexibility index (Phi) is 4.26. The van der Waals surface area contributed by atoms with E-state index in [9.17, 15) is 9.59 Å². The molecule has 0 bridgehead atoms. The van der Waals surface area contributed by atoms with Gasteiger partial charge in [-0.1, -0.05) is 11.2 Å². The molecule has 0 saturated carbocycles. The molecule has 2 unspecified atom stereocenters. The number of carbonyl (C=O) groups excluding carboxylic acids is 2. The number of aromatic nitrogens is 1. The maximum absolute atomic E-state index is 12.5. The van der Waals surface area contributed by atoms with Crippen molar-refractivity contribution in [3.63, 3.8) is 0 Å². The second kappa shape index (κ2) is 6.20. The maximum atomic E-state index is 12.5. The molecule has 1 fully saturated rings. The highest BCUT2D eigenvalue weighted by atomic mass is 32.2. The van der Waals surface area contributed by atoms with E-state index in [0.29, 0.717) is 10.8 Å². The van der Waals surface area contributed by atoms with Crippen LogP contribution in [-0.2, 0) is 14.4 Å². The Bertz CT molecular complexity index is 702. The number of oxime groups is 1. The summed E-state index contributed by atoms with van der Waals surface area (Å²) in [7, 11) is 1.34. The lowest BCUT2D eigenvalue weighted by molar-refractivity contribution is -0.143. The molecule has 0 aliphatic carbocycles. The first kappa shape index (κ1) is 15.8. The number of nitrogens with two attached hydrogens (primary N) is 1. The van der Waals surface area contributed by atoms with Gasteiger partial charge in [0.15, 0.2) is 10.8 Å². The Labute approximate surface area is 140 Å². The fourth-order valence-electron chi connectivity index (χ4n) is 2.30. The molecule has 0 aromatic carbocycles. The van der Waals surface area contributed by atoms with E-state index in [0.717, 1.165) is 0 Å². The number of nitrogens with one attached hydrogen (secondary N) is 1. The van der Waals surface area contributed by atoms with Crippen molar-refractivity contribution in [2.75, 3.05) is 12.8 Å². The quantitative estimate of drug-likeness (QED) is 0.460. The lowest BCUT2D eigenvalue weighted by atomic mass is 10.1. The van der Waals surface area contributed by atoms with E-state index in [1.54, 1.807) is 28.2 Å². The van der Waals surface area contributed by atoms with Crippen molar-refractivity contribution < 1.29 is 14.4 Å².